The Bertz CT molecular complexity index is 460. The molecule has 1 aromatic rings. The summed E-state index contributed by atoms with van der Waals surface area (Å²) in [6.45, 7) is 3.35. The molecule has 1 N–H and O–H groups in total. The highest BCUT2D eigenvalue weighted by Gasteiger charge is 2.04. The Morgan fingerprint density at radius 2 is 1.94 bits per heavy atom. The zero-order valence-electron chi connectivity index (χ0n) is 9.83. The Kier molecular flexibility index (Phi) is 5.38. The van der Waals surface area contributed by atoms with Gasteiger partial charge in [-0.15, -0.1) is 0 Å². The lowest BCUT2D eigenvalue weighted by atomic mass is 10.2. The molecule has 94 valence electrons. The first-order valence-corrected chi connectivity index (χ1v) is 5.40. The van der Waals surface area contributed by atoms with Crippen LogP contribution in [0.5, 0.6) is 0 Å². The molecule has 0 radical (unpaired) electrons. The zero-order valence-corrected chi connectivity index (χ0v) is 9.83. The van der Waals surface area contributed by atoms with E-state index in [9.17, 15) is 9.59 Å². The Morgan fingerprint density at radius 3 is 2.56 bits per heavy atom. The smallest absolute Gasteiger partial charge is 0.331 e. The number of aliphatic carboxylic acids is 1. The van der Waals surface area contributed by atoms with Gasteiger partial charge >= 0.3 is 11.9 Å². The van der Waals surface area contributed by atoms with Gasteiger partial charge in [0.2, 0.25) is 0 Å². The minimum absolute atomic E-state index is 0.0170. The lowest BCUT2D eigenvalue weighted by Gasteiger charge is -2.01. The summed E-state index contributed by atoms with van der Waals surface area (Å²) in [6, 6.07) is 9.32. The second-order valence-corrected chi connectivity index (χ2v) is 3.57. The van der Waals surface area contributed by atoms with Crippen LogP contribution in [0.4, 0.5) is 0 Å². The molecule has 0 amide bonds. The van der Waals surface area contributed by atoms with Gasteiger partial charge < -0.3 is 9.84 Å². The Morgan fingerprint density at radius 1 is 1.28 bits per heavy atom. The number of hydrogen-bond acceptors (Lipinski definition) is 3. The number of rotatable bonds is 6. The summed E-state index contributed by atoms with van der Waals surface area (Å²) in [6.07, 6.45) is 3.06. The van der Waals surface area contributed by atoms with Crippen LogP contribution in [-0.4, -0.2) is 23.7 Å². The third-order valence-electron chi connectivity index (χ3n) is 2.16. The quantitative estimate of drug-likeness (QED) is 0.617. The lowest BCUT2D eigenvalue weighted by Crippen LogP contribution is -2.06. The SMILES string of the molecule is C=C(CCOC(=O)/C=C/c1ccccc1)C(=O)O. The van der Waals surface area contributed by atoms with Crippen molar-refractivity contribution in [2.45, 2.75) is 6.42 Å². The largest absolute Gasteiger partial charge is 0.478 e. The van der Waals surface area contributed by atoms with E-state index >= 15 is 0 Å². The van der Waals surface area contributed by atoms with Gasteiger partial charge in [-0.25, -0.2) is 9.59 Å². The van der Waals surface area contributed by atoms with Crippen molar-refractivity contribution in [3.05, 3.63) is 54.1 Å². The van der Waals surface area contributed by atoms with Crippen molar-refractivity contribution in [3.8, 4) is 0 Å². The topological polar surface area (TPSA) is 63.6 Å². The summed E-state index contributed by atoms with van der Waals surface area (Å²) in [4.78, 5) is 21.7. The molecule has 0 aliphatic carbocycles. The fourth-order valence-corrected chi connectivity index (χ4v) is 1.16. The van der Waals surface area contributed by atoms with Gasteiger partial charge in [0.25, 0.3) is 0 Å². The van der Waals surface area contributed by atoms with Gasteiger partial charge in [-0.05, 0) is 11.6 Å². The Labute approximate surface area is 105 Å². The van der Waals surface area contributed by atoms with E-state index in [2.05, 4.69) is 6.58 Å². The highest BCUT2D eigenvalue weighted by Crippen LogP contribution is 2.02. The molecule has 0 unspecified atom stereocenters. The molecule has 1 aromatic carbocycles. The molecule has 0 aromatic heterocycles. The van der Waals surface area contributed by atoms with Crippen LogP contribution in [0.25, 0.3) is 6.08 Å². The van der Waals surface area contributed by atoms with Crippen molar-refractivity contribution < 1.29 is 19.4 Å². The van der Waals surface area contributed by atoms with E-state index in [4.69, 9.17) is 9.84 Å². The maximum atomic E-state index is 11.3. The van der Waals surface area contributed by atoms with Gasteiger partial charge in [0, 0.05) is 18.1 Å². The van der Waals surface area contributed by atoms with Crippen LogP contribution in [0.15, 0.2) is 48.6 Å². The monoisotopic (exact) mass is 246 g/mol. The van der Waals surface area contributed by atoms with E-state index in [0.29, 0.717) is 0 Å². The zero-order chi connectivity index (χ0) is 13.4. The number of carbonyl (C=O) groups is 2. The summed E-state index contributed by atoms with van der Waals surface area (Å²) in [5.41, 5.74) is 0.916. The minimum atomic E-state index is -1.08. The Balaban J connectivity index is 2.32. The van der Waals surface area contributed by atoms with Gasteiger partial charge in [0.05, 0.1) is 6.61 Å². The Hall–Kier alpha value is -2.36. The number of ether oxygens (including phenoxy) is 1. The predicted octanol–water partition coefficient (Wildman–Crippen LogP) is 2.27. The first-order valence-electron chi connectivity index (χ1n) is 5.40. The third kappa shape index (κ3) is 5.12. The van der Waals surface area contributed by atoms with Gasteiger partial charge in [0.1, 0.15) is 0 Å². The molecule has 0 spiro atoms. The number of hydrogen-bond donors (Lipinski definition) is 1. The second kappa shape index (κ2) is 7.06. The third-order valence-corrected chi connectivity index (χ3v) is 2.16. The van der Waals surface area contributed by atoms with E-state index in [1.54, 1.807) is 6.08 Å². The highest BCUT2D eigenvalue weighted by atomic mass is 16.5. The van der Waals surface area contributed by atoms with E-state index in [-0.39, 0.29) is 18.6 Å². The molecule has 0 saturated heterocycles. The van der Waals surface area contributed by atoms with Crippen molar-refractivity contribution in [1.82, 2.24) is 0 Å². The van der Waals surface area contributed by atoms with Crippen LogP contribution in [0, 0.1) is 0 Å². The minimum Gasteiger partial charge on any atom is -0.478 e. The lowest BCUT2D eigenvalue weighted by molar-refractivity contribution is -0.138. The van der Waals surface area contributed by atoms with Crippen LogP contribution >= 0.6 is 0 Å². The number of carboxylic acids is 1. The molecule has 4 nitrogen and oxygen atoms in total. The van der Waals surface area contributed by atoms with Gasteiger partial charge in [-0.3, -0.25) is 0 Å². The summed E-state index contributed by atoms with van der Waals surface area (Å²) in [5.74, 6) is -1.58. The van der Waals surface area contributed by atoms with Gasteiger partial charge in [-0.1, -0.05) is 36.9 Å². The number of esters is 1. The fourth-order valence-electron chi connectivity index (χ4n) is 1.16. The average molecular weight is 246 g/mol. The van der Waals surface area contributed by atoms with Crippen molar-refractivity contribution in [2.75, 3.05) is 6.61 Å². The molecule has 0 atom stereocenters. The standard InChI is InChI=1S/C14H14O4/c1-11(14(16)17)9-10-18-13(15)8-7-12-5-3-2-4-6-12/h2-8H,1,9-10H2,(H,16,17)/b8-7+. The van der Waals surface area contributed by atoms with Crippen LogP contribution < -0.4 is 0 Å². The first kappa shape index (κ1) is 13.7. The van der Waals surface area contributed by atoms with Crippen molar-refractivity contribution in [1.29, 1.82) is 0 Å². The van der Waals surface area contributed by atoms with Gasteiger partial charge in [-0.2, -0.15) is 0 Å². The summed E-state index contributed by atoms with van der Waals surface area (Å²) >= 11 is 0. The molecule has 0 saturated carbocycles. The summed E-state index contributed by atoms with van der Waals surface area (Å²) in [7, 11) is 0. The molecule has 0 fully saturated rings. The van der Waals surface area contributed by atoms with Crippen LogP contribution in [0.2, 0.25) is 0 Å². The normalized spacial score (nSPS) is 10.2. The molecular weight excluding hydrogens is 232 g/mol. The number of carbonyl (C=O) groups excluding carboxylic acids is 1. The van der Waals surface area contributed by atoms with Crippen LogP contribution in [-0.2, 0) is 14.3 Å². The van der Waals surface area contributed by atoms with Crippen LogP contribution in [0.3, 0.4) is 0 Å². The average Bonchev–Trinajstić information content (AvgIpc) is 2.37. The highest BCUT2D eigenvalue weighted by molar-refractivity contribution is 5.87. The van der Waals surface area contributed by atoms with E-state index < -0.39 is 11.9 Å². The van der Waals surface area contributed by atoms with Crippen molar-refractivity contribution in [3.63, 3.8) is 0 Å². The molecule has 4 heteroatoms. The second-order valence-electron chi connectivity index (χ2n) is 3.57. The van der Waals surface area contributed by atoms with E-state index in [1.807, 2.05) is 30.3 Å². The predicted molar refractivity (Wildman–Crippen MR) is 67.8 cm³/mol. The van der Waals surface area contributed by atoms with E-state index in [0.717, 1.165) is 5.56 Å². The van der Waals surface area contributed by atoms with Gasteiger partial charge in [0.15, 0.2) is 0 Å². The first-order chi connectivity index (χ1) is 8.59. The van der Waals surface area contributed by atoms with Crippen LogP contribution in [0.1, 0.15) is 12.0 Å². The number of carboxylic acid groups (broad SMARTS) is 1. The molecule has 0 aliphatic rings. The summed E-state index contributed by atoms with van der Waals surface area (Å²) < 4.78 is 4.83. The molecule has 0 aliphatic heterocycles. The molecular formula is C14H14O4. The maximum Gasteiger partial charge on any atom is 0.331 e. The number of benzene rings is 1. The van der Waals surface area contributed by atoms with Crippen molar-refractivity contribution >= 4 is 18.0 Å². The molecule has 0 bridgehead atoms. The van der Waals surface area contributed by atoms with E-state index in [1.165, 1.54) is 6.08 Å². The molecule has 18 heavy (non-hydrogen) atoms. The fraction of sp³-hybridized carbons (Fsp3) is 0.143. The summed E-state index contributed by atoms with van der Waals surface area (Å²) in [5, 5.41) is 8.55. The molecule has 1 rings (SSSR count). The van der Waals surface area contributed by atoms with Crippen molar-refractivity contribution in [2.24, 2.45) is 0 Å². The maximum absolute atomic E-state index is 11.3. The molecule has 0 heterocycles.